The van der Waals surface area contributed by atoms with Crippen LogP contribution in [-0.4, -0.2) is 67.5 Å². The largest absolute Gasteiger partial charge is 0.494 e. The maximum Gasteiger partial charge on any atom is 0.323 e. The number of carbonyl (C=O) groups is 1. The molecule has 0 spiro atoms. The number of piperidine rings is 1. The highest BCUT2D eigenvalue weighted by Gasteiger charge is 2.35. The first kappa shape index (κ1) is 21.9. The number of urea groups is 1. The molecule has 2 aliphatic rings. The van der Waals surface area contributed by atoms with Crippen LogP contribution < -0.4 is 15.0 Å². The first-order valence-electron chi connectivity index (χ1n) is 11.2. The maximum atomic E-state index is 13.0. The number of anilines is 2. The second-order valence-corrected chi connectivity index (χ2v) is 9.40. The highest BCUT2D eigenvalue weighted by atomic mass is 32.1. The standard InChI is InChI=1S/C24H28N4O4S/c1-31-19-8-7-18(27-13-15-32-16-14-27)21-20(19)25-22(33-21)26-23(29)28-11-9-24(30,10-12-28)17-5-3-2-4-6-17/h2-8,30H,9-16H2,1H3,(H,25,26,29). The Hall–Kier alpha value is -2.88. The predicted molar refractivity (Wildman–Crippen MR) is 129 cm³/mol. The van der Waals surface area contributed by atoms with E-state index < -0.39 is 5.60 Å². The molecule has 2 N–H and O–H groups in total. The molecule has 0 atom stereocenters. The number of aliphatic hydroxyl groups is 1. The second-order valence-electron chi connectivity index (χ2n) is 8.40. The van der Waals surface area contributed by atoms with E-state index in [2.05, 4.69) is 15.2 Å². The molecule has 0 radical (unpaired) electrons. The van der Waals surface area contributed by atoms with Crippen molar-refractivity contribution < 1.29 is 19.4 Å². The summed E-state index contributed by atoms with van der Waals surface area (Å²) in [5, 5.41) is 14.5. The van der Waals surface area contributed by atoms with Crippen LogP contribution in [0.3, 0.4) is 0 Å². The van der Waals surface area contributed by atoms with Gasteiger partial charge in [0.05, 0.1) is 36.3 Å². The first-order valence-corrected chi connectivity index (χ1v) is 12.0. The summed E-state index contributed by atoms with van der Waals surface area (Å²) in [5.74, 6) is 0.685. The lowest BCUT2D eigenvalue weighted by atomic mass is 9.84. The van der Waals surface area contributed by atoms with E-state index in [-0.39, 0.29) is 6.03 Å². The number of aromatic nitrogens is 1. The number of carbonyl (C=O) groups excluding carboxylic acids is 1. The Morgan fingerprint density at radius 1 is 1.12 bits per heavy atom. The Morgan fingerprint density at radius 3 is 2.55 bits per heavy atom. The zero-order chi connectivity index (χ0) is 22.8. The average molecular weight is 469 g/mol. The number of benzene rings is 2. The van der Waals surface area contributed by atoms with Gasteiger partial charge in [0.25, 0.3) is 0 Å². The monoisotopic (exact) mass is 468 g/mol. The quantitative estimate of drug-likeness (QED) is 0.608. The third-order valence-corrected chi connectivity index (χ3v) is 7.45. The van der Waals surface area contributed by atoms with Gasteiger partial charge in [-0.1, -0.05) is 41.7 Å². The van der Waals surface area contributed by atoms with Gasteiger partial charge in [0.15, 0.2) is 5.13 Å². The minimum absolute atomic E-state index is 0.198. The van der Waals surface area contributed by atoms with Crippen molar-refractivity contribution in [1.29, 1.82) is 0 Å². The minimum Gasteiger partial charge on any atom is -0.494 e. The molecule has 9 heteroatoms. The number of ether oxygens (including phenoxy) is 2. The van der Waals surface area contributed by atoms with Crippen molar-refractivity contribution in [3.05, 3.63) is 48.0 Å². The van der Waals surface area contributed by atoms with Gasteiger partial charge in [-0.25, -0.2) is 9.78 Å². The highest BCUT2D eigenvalue weighted by Crippen LogP contribution is 2.40. The van der Waals surface area contributed by atoms with Crippen LogP contribution in [0.25, 0.3) is 10.2 Å². The van der Waals surface area contributed by atoms with E-state index in [9.17, 15) is 9.90 Å². The summed E-state index contributed by atoms with van der Waals surface area (Å²) in [6.45, 7) is 3.98. The number of nitrogens with zero attached hydrogens (tertiary/aromatic N) is 3. The molecule has 0 unspecified atom stereocenters. The topological polar surface area (TPSA) is 87.2 Å². The van der Waals surface area contributed by atoms with Crippen LogP contribution in [0.4, 0.5) is 15.6 Å². The van der Waals surface area contributed by atoms with Crippen LogP contribution in [0.15, 0.2) is 42.5 Å². The molecule has 2 aliphatic heterocycles. The number of fused-ring (bicyclic) bond motifs is 1. The molecular weight excluding hydrogens is 440 g/mol. The maximum absolute atomic E-state index is 13.0. The molecule has 2 saturated heterocycles. The smallest absolute Gasteiger partial charge is 0.323 e. The first-order chi connectivity index (χ1) is 16.1. The summed E-state index contributed by atoms with van der Waals surface area (Å²) in [4.78, 5) is 21.7. The van der Waals surface area contributed by atoms with Gasteiger partial charge in [-0.15, -0.1) is 0 Å². The summed E-state index contributed by atoms with van der Waals surface area (Å²) in [7, 11) is 1.63. The number of rotatable bonds is 4. The van der Waals surface area contributed by atoms with Gasteiger partial charge in [0, 0.05) is 26.2 Å². The number of morpholine rings is 1. The molecule has 33 heavy (non-hydrogen) atoms. The van der Waals surface area contributed by atoms with Crippen LogP contribution in [-0.2, 0) is 10.3 Å². The minimum atomic E-state index is -0.895. The Kier molecular flexibility index (Phi) is 6.09. The number of nitrogens with one attached hydrogen (secondary N) is 1. The van der Waals surface area contributed by atoms with Crippen molar-refractivity contribution in [2.75, 3.05) is 56.7 Å². The van der Waals surface area contributed by atoms with E-state index in [0.717, 1.165) is 34.6 Å². The van der Waals surface area contributed by atoms with Crippen molar-refractivity contribution in [2.45, 2.75) is 18.4 Å². The van der Waals surface area contributed by atoms with Crippen molar-refractivity contribution in [2.24, 2.45) is 0 Å². The van der Waals surface area contributed by atoms with E-state index in [1.165, 1.54) is 11.3 Å². The summed E-state index contributed by atoms with van der Waals surface area (Å²) >= 11 is 1.45. The molecule has 5 rings (SSSR count). The summed E-state index contributed by atoms with van der Waals surface area (Å²) < 4.78 is 12.0. The Balaban J connectivity index is 1.31. The molecule has 0 bridgehead atoms. The number of hydrogen-bond acceptors (Lipinski definition) is 7. The lowest BCUT2D eigenvalue weighted by Crippen LogP contribution is -2.46. The second kappa shape index (κ2) is 9.17. The number of methoxy groups -OCH3 is 1. The Bertz CT molecular complexity index is 1120. The number of amides is 2. The van der Waals surface area contributed by atoms with E-state index in [0.29, 0.717) is 50.0 Å². The predicted octanol–water partition coefficient (Wildman–Crippen LogP) is 3.66. The fourth-order valence-electron chi connectivity index (χ4n) is 4.53. The van der Waals surface area contributed by atoms with Gasteiger partial charge in [0.2, 0.25) is 0 Å². The van der Waals surface area contributed by atoms with Gasteiger partial charge in [0.1, 0.15) is 11.3 Å². The molecule has 3 heterocycles. The third kappa shape index (κ3) is 4.36. The zero-order valence-corrected chi connectivity index (χ0v) is 19.4. The fourth-order valence-corrected chi connectivity index (χ4v) is 5.54. The van der Waals surface area contributed by atoms with Gasteiger partial charge in [-0.2, -0.15) is 0 Å². The summed E-state index contributed by atoms with van der Waals surface area (Å²) in [6.07, 6.45) is 0.999. The Morgan fingerprint density at radius 2 is 1.85 bits per heavy atom. The van der Waals surface area contributed by atoms with Crippen molar-refractivity contribution >= 4 is 38.4 Å². The lowest BCUT2D eigenvalue weighted by molar-refractivity contribution is -0.0156. The molecule has 3 aromatic rings. The van der Waals surface area contributed by atoms with E-state index in [4.69, 9.17) is 9.47 Å². The van der Waals surface area contributed by atoms with Crippen LogP contribution in [0.5, 0.6) is 5.75 Å². The molecule has 2 fully saturated rings. The lowest BCUT2D eigenvalue weighted by Gasteiger charge is -2.38. The number of likely N-dealkylation sites (tertiary alicyclic amines) is 1. The molecule has 174 valence electrons. The number of thiazole rings is 1. The molecule has 1 aromatic heterocycles. The fraction of sp³-hybridized carbons (Fsp3) is 0.417. The van der Waals surface area contributed by atoms with E-state index in [1.54, 1.807) is 12.0 Å². The molecule has 2 aromatic carbocycles. The molecule has 8 nitrogen and oxygen atoms in total. The van der Waals surface area contributed by atoms with Crippen LogP contribution in [0.1, 0.15) is 18.4 Å². The van der Waals surface area contributed by atoms with Crippen molar-refractivity contribution in [3.63, 3.8) is 0 Å². The average Bonchev–Trinajstić information content (AvgIpc) is 3.28. The number of hydrogen-bond donors (Lipinski definition) is 2. The molecular formula is C24H28N4O4S. The van der Waals surface area contributed by atoms with Crippen LogP contribution >= 0.6 is 11.3 Å². The molecule has 0 aliphatic carbocycles. The normalized spacial score (nSPS) is 18.4. The van der Waals surface area contributed by atoms with Gasteiger partial charge in [-0.05, 0) is 30.5 Å². The van der Waals surface area contributed by atoms with Crippen LogP contribution in [0, 0.1) is 0 Å². The van der Waals surface area contributed by atoms with Crippen molar-refractivity contribution in [3.8, 4) is 5.75 Å². The summed E-state index contributed by atoms with van der Waals surface area (Å²) in [6, 6.07) is 13.5. The highest BCUT2D eigenvalue weighted by molar-refractivity contribution is 7.23. The van der Waals surface area contributed by atoms with Crippen LogP contribution in [0.2, 0.25) is 0 Å². The van der Waals surface area contributed by atoms with Gasteiger partial charge in [-0.3, -0.25) is 5.32 Å². The van der Waals surface area contributed by atoms with Gasteiger partial charge >= 0.3 is 6.03 Å². The van der Waals surface area contributed by atoms with E-state index >= 15 is 0 Å². The molecule has 2 amide bonds. The SMILES string of the molecule is COc1ccc(N2CCOCC2)c2sc(NC(=O)N3CCC(O)(c4ccccc4)CC3)nc12. The zero-order valence-electron chi connectivity index (χ0n) is 18.6. The summed E-state index contributed by atoms with van der Waals surface area (Å²) in [5.41, 5.74) is 1.84. The third-order valence-electron chi connectivity index (χ3n) is 6.46. The van der Waals surface area contributed by atoms with Gasteiger partial charge < -0.3 is 24.4 Å². The Labute approximate surface area is 196 Å². The van der Waals surface area contributed by atoms with E-state index in [1.807, 2.05) is 42.5 Å². The van der Waals surface area contributed by atoms with Crippen molar-refractivity contribution in [1.82, 2.24) is 9.88 Å². The molecule has 0 saturated carbocycles.